The Morgan fingerprint density at radius 2 is 1.96 bits per heavy atom. The predicted octanol–water partition coefficient (Wildman–Crippen LogP) is 1.94. The molecule has 2 aromatic rings. The third-order valence-electron chi connectivity index (χ3n) is 3.70. The zero-order chi connectivity index (χ0) is 20.2. The molecule has 148 valence electrons. The summed E-state index contributed by atoms with van der Waals surface area (Å²) in [6.07, 6.45) is -4.11. The summed E-state index contributed by atoms with van der Waals surface area (Å²) in [5, 5.41) is 10.1. The minimum absolute atomic E-state index is 0.0511. The number of aryl methyl sites for hydroxylation is 3. The van der Waals surface area contributed by atoms with Gasteiger partial charge >= 0.3 is 12.1 Å². The van der Waals surface area contributed by atoms with E-state index in [1.54, 1.807) is 6.92 Å². The molecule has 0 radical (unpaired) electrons. The van der Waals surface area contributed by atoms with E-state index in [4.69, 9.17) is 4.74 Å². The van der Waals surface area contributed by atoms with Crippen LogP contribution in [0.3, 0.4) is 0 Å². The molecule has 0 unspecified atom stereocenters. The van der Waals surface area contributed by atoms with Gasteiger partial charge in [0.1, 0.15) is 5.69 Å². The van der Waals surface area contributed by atoms with E-state index in [0.29, 0.717) is 12.1 Å². The molecule has 2 aromatic heterocycles. The fraction of sp³-hybridized carbons (Fsp3) is 0.500. The lowest BCUT2D eigenvalue weighted by atomic mass is 10.3. The number of ether oxygens (including phenoxy) is 1. The first-order valence-electron chi connectivity index (χ1n) is 8.24. The Kier molecular flexibility index (Phi) is 6.24. The molecule has 0 spiro atoms. The molecule has 0 aliphatic rings. The van der Waals surface area contributed by atoms with Gasteiger partial charge in [-0.15, -0.1) is 0 Å². The molecule has 0 fully saturated rings. The van der Waals surface area contributed by atoms with Crippen molar-refractivity contribution < 1.29 is 27.5 Å². The largest absolute Gasteiger partial charge is 0.461 e. The van der Waals surface area contributed by atoms with Crippen LogP contribution in [0.2, 0.25) is 0 Å². The molecule has 1 amide bonds. The number of carbonyl (C=O) groups is 2. The molecule has 0 aliphatic heterocycles. The van der Waals surface area contributed by atoms with Crippen LogP contribution in [0, 0.1) is 6.92 Å². The van der Waals surface area contributed by atoms with Gasteiger partial charge in [-0.1, -0.05) is 0 Å². The van der Waals surface area contributed by atoms with Gasteiger partial charge in [0.05, 0.1) is 6.61 Å². The number of aromatic nitrogens is 4. The minimum atomic E-state index is -4.49. The van der Waals surface area contributed by atoms with Gasteiger partial charge in [0.15, 0.2) is 11.4 Å². The van der Waals surface area contributed by atoms with Crippen LogP contribution in [0.1, 0.15) is 45.7 Å². The van der Waals surface area contributed by atoms with Crippen molar-refractivity contribution in [2.24, 2.45) is 7.05 Å². The Morgan fingerprint density at radius 1 is 1.26 bits per heavy atom. The third-order valence-corrected chi connectivity index (χ3v) is 3.70. The summed E-state index contributed by atoms with van der Waals surface area (Å²) in [7, 11) is 1.52. The fourth-order valence-corrected chi connectivity index (χ4v) is 2.37. The van der Waals surface area contributed by atoms with E-state index in [-0.39, 0.29) is 31.1 Å². The number of hydrogen-bond donors (Lipinski definition) is 1. The van der Waals surface area contributed by atoms with Crippen molar-refractivity contribution in [1.29, 1.82) is 0 Å². The van der Waals surface area contributed by atoms with Gasteiger partial charge in [-0.25, -0.2) is 4.79 Å². The predicted molar refractivity (Wildman–Crippen MR) is 88.1 cm³/mol. The molecule has 2 rings (SSSR count). The van der Waals surface area contributed by atoms with Crippen LogP contribution in [0.5, 0.6) is 0 Å². The van der Waals surface area contributed by atoms with Crippen LogP contribution in [0.4, 0.5) is 13.2 Å². The zero-order valence-electron chi connectivity index (χ0n) is 15.1. The monoisotopic (exact) mass is 387 g/mol. The molecule has 8 nitrogen and oxygen atoms in total. The number of esters is 1. The summed E-state index contributed by atoms with van der Waals surface area (Å²) in [4.78, 5) is 23.8. The van der Waals surface area contributed by atoms with Crippen LogP contribution in [0.15, 0.2) is 12.1 Å². The first kappa shape index (κ1) is 20.5. The quantitative estimate of drug-likeness (QED) is 0.579. The summed E-state index contributed by atoms with van der Waals surface area (Å²) >= 11 is 0. The molecule has 0 aliphatic carbocycles. The lowest BCUT2D eigenvalue weighted by Crippen LogP contribution is -2.26. The van der Waals surface area contributed by atoms with Gasteiger partial charge in [-0.2, -0.15) is 23.4 Å². The summed E-state index contributed by atoms with van der Waals surface area (Å²) in [5.74, 6) is -1.07. The summed E-state index contributed by atoms with van der Waals surface area (Å²) in [5.41, 5.74) is -0.356. The normalized spacial score (nSPS) is 11.5. The minimum Gasteiger partial charge on any atom is -0.461 e. The average Bonchev–Trinajstić information content (AvgIpc) is 3.14. The van der Waals surface area contributed by atoms with Gasteiger partial charge < -0.3 is 10.1 Å². The van der Waals surface area contributed by atoms with Crippen LogP contribution < -0.4 is 5.32 Å². The summed E-state index contributed by atoms with van der Waals surface area (Å²) in [6, 6.07) is 2.30. The van der Waals surface area contributed by atoms with Crippen LogP contribution >= 0.6 is 0 Å². The zero-order valence-corrected chi connectivity index (χ0v) is 15.1. The molecule has 0 aromatic carbocycles. The second-order valence-electron chi connectivity index (χ2n) is 5.76. The van der Waals surface area contributed by atoms with Gasteiger partial charge in [0, 0.05) is 31.9 Å². The molecular formula is C16H20F3N5O3. The maximum Gasteiger partial charge on any atom is 0.435 e. The van der Waals surface area contributed by atoms with Crippen molar-refractivity contribution in [3.63, 3.8) is 0 Å². The fourth-order valence-electron chi connectivity index (χ4n) is 2.37. The van der Waals surface area contributed by atoms with E-state index < -0.39 is 23.7 Å². The Bertz CT molecular complexity index is 826. The molecule has 1 N–H and O–H groups in total. The number of alkyl halides is 3. The van der Waals surface area contributed by atoms with Gasteiger partial charge in [-0.05, 0) is 26.3 Å². The molecule has 27 heavy (non-hydrogen) atoms. The van der Waals surface area contributed by atoms with Crippen molar-refractivity contribution in [3.05, 3.63) is 34.9 Å². The van der Waals surface area contributed by atoms with Gasteiger partial charge in [0.2, 0.25) is 0 Å². The average molecular weight is 387 g/mol. The van der Waals surface area contributed by atoms with Crippen LogP contribution in [0.25, 0.3) is 0 Å². The summed E-state index contributed by atoms with van der Waals surface area (Å²) < 4.78 is 45.2. The van der Waals surface area contributed by atoms with Gasteiger partial charge in [-0.3, -0.25) is 14.2 Å². The number of halogens is 3. The lowest BCUT2D eigenvalue weighted by Gasteiger charge is -2.06. The molecule has 0 saturated heterocycles. The molecule has 2 heterocycles. The standard InChI is InChI=1S/C16H20F3N5O3/c1-4-27-15(26)12-9-11(21-23(12)3)14(25)20-6-5-7-24-10(2)8-13(22-24)16(17,18)19/h8-9H,4-7H2,1-3H3,(H,20,25). The Balaban J connectivity index is 1.87. The van der Waals surface area contributed by atoms with E-state index in [0.717, 1.165) is 6.07 Å². The number of rotatable bonds is 7. The second-order valence-corrected chi connectivity index (χ2v) is 5.76. The van der Waals surface area contributed by atoms with Crippen molar-refractivity contribution in [2.75, 3.05) is 13.2 Å². The Labute approximate surface area is 153 Å². The van der Waals surface area contributed by atoms with Crippen molar-refractivity contribution >= 4 is 11.9 Å². The lowest BCUT2D eigenvalue weighted by molar-refractivity contribution is -0.141. The highest BCUT2D eigenvalue weighted by atomic mass is 19.4. The molecular weight excluding hydrogens is 367 g/mol. The molecule has 11 heteroatoms. The van der Waals surface area contributed by atoms with Gasteiger partial charge in [0.25, 0.3) is 5.91 Å². The van der Waals surface area contributed by atoms with Crippen LogP contribution in [-0.4, -0.2) is 44.6 Å². The topological polar surface area (TPSA) is 91.0 Å². The summed E-state index contributed by atoms with van der Waals surface area (Å²) in [6.45, 7) is 3.84. The van der Waals surface area contributed by atoms with E-state index in [2.05, 4.69) is 15.5 Å². The molecule has 0 atom stereocenters. The highest BCUT2D eigenvalue weighted by molar-refractivity contribution is 5.95. The molecule has 0 bridgehead atoms. The number of hydrogen-bond acceptors (Lipinski definition) is 5. The number of nitrogens with zero attached hydrogens (tertiary/aromatic N) is 4. The smallest absolute Gasteiger partial charge is 0.435 e. The SMILES string of the molecule is CCOC(=O)c1cc(C(=O)NCCCn2nc(C(F)(F)F)cc2C)nn1C. The van der Waals surface area contributed by atoms with Crippen molar-refractivity contribution in [3.8, 4) is 0 Å². The maximum atomic E-state index is 12.6. The highest BCUT2D eigenvalue weighted by Gasteiger charge is 2.34. The van der Waals surface area contributed by atoms with E-state index >= 15 is 0 Å². The molecule has 0 saturated carbocycles. The second kappa shape index (κ2) is 8.23. The number of amides is 1. The van der Waals surface area contributed by atoms with Crippen LogP contribution in [-0.2, 0) is 24.5 Å². The third kappa shape index (κ3) is 5.08. The van der Waals surface area contributed by atoms with Crippen molar-refractivity contribution in [2.45, 2.75) is 33.0 Å². The Hall–Kier alpha value is -2.85. The van der Waals surface area contributed by atoms with E-state index in [1.807, 2.05) is 0 Å². The number of carbonyl (C=O) groups excluding carboxylic acids is 2. The van der Waals surface area contributed by atoms with Crippen molar-refractivity contribution in [1.82, 2.24) is 24.9 Å². The van der Waals surface area contributed by atoms with E-state index in [9.17, 15) is 22.8 Å². The number of nitrogens with one attached hydrogen (secondary N) is 1. The maximum absolute atomic E-state index is 12.6. The highest BCUT2D eigenvalue weighted by Crippen LogP contribution is 2.28. The first-order chi connectivity index (χ1) is 12.6. The Morgan fingerprint density at radius 3 is 2.56 bits per heavy atom. The first-order valence-corrected chi connectivity index (χ1v) is 8.24. The van der Waals surface area contributed by atoms with E-state index in [1.165, 1.54) is 29.4 Å².